The number of carbonyl (C=O) groups is 2. The summed E-state index contributed by atoms with van der Waals surface area (Å²) in [5.74, 6) is 0.270. The molecule has 170 valence electrons. The Balaban J connectivity index is 1.86. The maximum Gasteiger partial charge on any atom is 0.277 e. The smallest absolute Gasteiger partial charge is 0.277 e. The van der Waals surface area contributed by atoms with Gasteiger partial charge in [0.1, 0.15) is 11.4 Å². The van der Waals surface area contributed by atoms with Crippen molar-refractivity contribution in [3.63, 3.8) is 0 Å². The minimum atomic E-state index is -0.232. The molecule has 0 bridgehead atoms. The number of imide groups is 1. The number of nitrogens with zero attached hydrogens (tertiary/aromatic N) is 2. The molecular weight excluding hydrogens is 392 g/mol. The van der Waals surface area contributed by atoms with Crippen molar-refractivity contribution < 1.29 is 19.4 Å². The van der Waals surface area contributed by atoms with E-state index in [9.17, 15) is 14.7 Å². The quantitative estimate of drug-likeness (QED) is 0.428. The summed E-state index contributed by atoms with van der Waals surface area (Å²) in [5, 5.41) is 9.67. The van der Waals surface area contributed by atoms with E-state index in [0.29, 0.717) is 42.2 Å². The van der Waals surface area contributed by atoms with Gasteiger partial charge in [-0.25, -0.2) is 0 Å². The summed E-state index contributed by atoms with van der Waals surface area (Å²) in [5.41, 5.74) is 1.57. The van der Waals surface area contributed by atoms with Gasteiger partial charge < -0.3 is 14.7 Å². The summed E-state index contributed by atoms with van der Waals surface area (Å²) in [4.78, 5) is 30.4. The van der Waals surface area contributed by atoms with E-state index in [4.69, 9.17) is 4.74 Å². The first-order chi connectivity index (χ1) is 15.1. The van der Waals surface area contributed by atoms with Crippen LogP contribution in [0.15, 0.2) is 30.0 Å². The van der Waals surface area contributed by atoms with Gasteiger partial charge in [-0.3, -0.25) is 14.5 Å². The molecule has 1 unspecified atom stereocenters. The van der Waals surface area contributed by atoms with E-state index in [0.717, 1.165) is 32.1 Å². The molecule has 0 saturated carbocycles. The summed E-state index contributed by atoms with van der Waals surface area (Å²) < 4.78 is 5.52. The third kappa shape index (κ3) is 5.29. The number of ether oxygens (including phenoxy) is 1. The largest absolute Gasteiger partial charge is 0.496 e. The lowest BCUT2D eigenvalue weighted by Gasteiger charge is -2.34. The van der Waals surface area contributed by atoms with E-state index in [1.807, 2.05) is 29.2 Å². The number of aliphatic hydroxyl groups excluding tert-OH is 1. The second-order valence-corrected chi connectivity index (χ2v) is 8.59. The van der Waals surface area contributed by atoms with Gasteiger partial charge in [0.2, 0.25) is 0 Å². The van der Waals surface area contributed by atoms with E-state index in [1.165, 1.54) is 24.2 Å². The molecule has 6 nitrogen and oxygen atoms in total. The number of rotatable bonds is 11. The lowest BCUT2D eigenvalue weighted by Crippen LogP contribution is -2.40. The first kappa shape index (κ1) is 23.3. The number of hydrogen-bond acceptors (Lipinski definition) is 5. The maximum atomic E-state index is 13.5. The molecule has 3 rings (SSSR count). The lowest BCUT2D eigenvalue weighted by atomic mass is 9.96. The van der Waals surface area contributed by atoms with E-state index >= 15 is 0 Å². The summed E-state index contributed by atoms with van der Waals surface area (Å²) >= 11 is 0. The first-order valence-electron chi connectivity index (χ1n) is 11.7. The SMILES string of the molecule is CCCCCCCCN1C(=O)C(c2ccccc2OC)=C(N2CCCC(CO)C2)C1=O. The monoisotopic (exact) mass is 428 g/mol. The molecular formula is C25H36N2O4. The second kappa shape index (κ2) is 11.3. The van der Waals surface area contributed by atoms with Crippen LogP contribution in [0.25, 0.3) is 5.57 Å². The van der Waals surface area contributed by atoms with Crippen LogP contribution >= 0.6 is 0 Å². The topological polar surface area (TPSA) is 70.1 Å². The van der Waals surface area contributed by atoms with Crippen molar-refractivity contribution in [2.75, 3.05) is 33.4 Å². The molecule has 2 heterocycles. The number of carbonyl (C=O) groups excluding carboxylic acids is 2. The van der Waals surface area contributed by atoms with Crippen LogP contribution in [0.5, 0.6) is 5.75 Å². The van der Waals surface area contributed by atoms with Crippen molar-refractivity contribution in [3.05, 3.63) is 35.5 Å². The molecule has 2 aliphatic heterocycles. The van der Waals surface area contributed by atoms with Crippen molar-refractivity contribution >= 4 is 17.4 Å². The number of amides is 2. The van der Waals surface area contributed by atoms with Crippen molar-refractivity contribution in [3.8, 4) is 5.75 Å². The van der Waals surface area contributed by atoms with E-state index < -0.39 is 0 Å². The molecule has 0 radical (unpaired) electrons. The van der Waals surface area contributed by atoms with Gasteiger partial charge in [-0.1, -0.05) is 57.2 Å². The highest BCUT2D eigenvalue weighted by Crippen LogP contribution is 2.37. The molecule has 1 aromatic carbocycles. The number of hydrogen-bond donors (Lipinski definition) is 1. The molecule has 31 heavy (non-hydrogen) atoms. The average Bonchev–Trinajstić information content (AvgIpc) is 3.05. The molecule has 6 heteroatoms. The Bertz CT molecular complexity index is 804. The van der Waals surface area contributed by atoms with Crippen LogP contribution in [-0.2, 0) is 9.59 Å². The Morgan fingerprint density at radius 1 is 1.06 bits per heavy atom. The van der Waals surface area contributed by atoms with Crippen LogP contribution in [0, 0.1) is 5.92 Å². The van der Waals surface area contributed by atoms with Crippen LogP contribution in [0.2, 0.25) is 0 Å². The van der Waals surface area contributed by atoms with Gasteiger partial charge in [0.05, 0.1) is 12.7 Å². The number of likely N-dealkylation sites (tertiary alicyclic amines) is 1. The number of para-hydroxylation sites is 1. The zero-order valence-corrected chi connectivity index (χ0v) is 18.9. The highest BCUT2D eigenvalue weighted by molar-refractivity contribution is 6.36. The van der Waals surface area contributed by atoms with Crippen LogP contribution in [0.4, 0.5) is 0 Å². The van der Waals surface area contributed by atoms with Crippen molar-refractivity contribution in [2.45, 2.75) is 58.3 Å². The fraction of sp³-hybridized carbons (Fsp3) is 0.600. The summed E-state index contributed by atoms with van der Waals surface area (Å²) in [6.45, 7) is 4.04. The Morgan fingerprint density at radius 2 is 1.81 bits per heavy atom. The maximum absolute atomic E-state index is 13.5. The van der Waals surface area contributed by atoms with Crippen molar-refractivity contribution in [1.82, 2.24) is 9.80 Å². The molecule has 1 fully saturated rings. The molecule has 0 aromatic heterocycles. The van der Waals surface area contributed by atoms with Crippen LogP contribution in [0.3, 0.4) is 0 Å². The standard InChI is InChI=1S/C25H36N2O4/c1-3-4-5-6-7-10-16-27-24(29)22(20-13-8-9-14-21(20)31-2)23(25(27)30)26-15-11-12-19(17-26)18-28/h8-9,13-14,19,28H,3-7,10-12,15-18H2,1-2H3. The molecule has 0 aliphatic carbocycles. The van der Waals surface area contributed by atoms with Gasteiger partial charge in [0.25, 0.3) is 11.8 Å². The number of benzene rings is 1. The summed E-state index contributed by atoms with van der Waals surface area (Å²) in [6, 6.07) is 7.39. The van der Waals surface area contributed by atoms with Gasteiger partial charge in [0, 0.05) is 31.8 Å². The molecule has 1 aromatic rings. The minimum Gasteiger partial charge on any atom is -0.496 e. The van der Waals surface area contributed by atoms with Gasteiger partial charge in [-0.15, -0.1) is 0 Å². The Labute approximate surface area is 185 Å². The van der Waals surface area contributed by atoms with Crippen molar-refractivity contribution in [1.29, 1.82) is 0 Å². The predicted octanol–water partition coefficient (Wildman–Crippen LogP) is 3.84. The normalized spacial score (nSPS) is 19.5. The molecule has 1 saturated heterocycles. The number of piperidine rings is 1. The van der Waals surface area contributed by atoms with E-state index in [1.54, 1.807) is 7.11 Å². The molecule has 2 aliphatic rings. The zero-order chi connectivity index (χ0) is 22.2. The first-order valence-corrected chi connectivity index (χ1v) is 11.7. The van der Waals surface area contributed by atoms with E-state index in [-0.39, 0.29) is 24.3 Å². The number of unbranched alkanes of at least 4 members (excludes halogenated alkanes) is 5. The van der Waals surface area contributed by atoms with E-state index in [2.05, 4.69) is 6.92 Å². The summed E-state index contributed by atoms with van der Waals surface area (Å²) in [6.07, 6.45) is 8.44. The predicted molar refractivity (Wildman–Crippen MR) is 121 cm³/mol. The highest BCUT2D eigenvalue weighted by Gasteiger charge is 2.42. The number of aliphatic hydroxyl groups is 1. The Kier molecular flexibility index (Phi) is 8.52. The Hall–Kier alpha value is -2.34. The number of methoxy groups -OCH3 is 1. The van der Waals surface area contributed by atoms with Crippen LogP contribution in [-0.4, -0.2) is 60.1 Å². The second-order valence-electron chi connectivity index (χ2n) is 8.59. The lowest BCUT2D eigenvalue weighted by molar-refractivity contribution is -0.137. The van der Waals surface area contributed by atoms with Gasteiger partial charge in [-0.05, 0) is 31.2 Å². The Morgan fingerprint density at radius 3 is 2.55 bits per heavy atom. The summed E-state index contributed by atoms with van der Waals surface area (Å²) in [7, 11) is 1.58. The fourth-order valence-electron chi connectivity index (χ4n) is 4.62. The third-order valence-electron chi connectivity index (χ3n) is 6.35. The van der Waals surface area contributed by atoms with Gasteiger partial charge >= 0.3 is 0 Å². The van der Waals surface area contributed by atoms with Gasteiger partial charge in [0.15, 0.2) is 0 Å². The van der Waals surface area contributed by atoms with Crippen LogP contribution in [0.1, 0.15) is 63.9 Å². The van der Waals surface area contributed by atoms with Crippen LogP contribution < -0.4 is 4.74 Å². The molecule has 1 N–H and O–H groups in total. The average molecular weight is 429 g/mol. The molecule has 0 spiro atoms. The van der Waals surface area contributed by atoms with Crippen molar-refractivity contribution in [2.24, 2.45) is 5.92 Å². The highest BCUT2D eigenvalue weighted by atomic mass is 16.5. The minimum absolute atomic E-state index is 0.0946. The molecule has 1 atom stereocenters. The molecule has 2 amide bonds. The zero-order valence-electron chi connectivity index (χ0n) is 18.9. The van der Waals surface area contributed by atoms with Gasteiger partial charge in [-0.2, -0.15) is 0 Å². The fourth-order valence-corrected chi connectivity index (χ4v) is 4.62. The third-order valence-corrected chi connectivity index (χ3v) is 6.35.